The van der Waals surface area contributed by atoms with E-state index in [9.17, 15) is 0 Å². The molecule has 0 bridgehead atoms. The van der Waals surface area contributed by atoms with Crippen molar-refractivity contribution in [2.24, 2.45) is 0 Å². The molecule has 0 aliphatic heterocycles. The molecule has 2 atom stereocenters. The van der Waals surface area contributed by atoms with Gasteiger partial charge in [0.05, 0.1) is 0 Å². The van der Waals surface area contributed by atoms with Crippen LogP contribution in [-0.2, 0) is 0 Å². The van der Waals surface area contributed by atoms with E-state index in [1.165, 1.54) is 0 Å². The molecule has 0 aliphatic rings. The SMILES string of the molecule is CN(C)[SiH](C)N[SiH](C)N(C)C. The Labute approximate surface area is 73.9 Å². The van der Waals surface area contributed by atoms with Crippen LogP contribution in [0.4, 0.5) is 0 Å². The molecule has 0 aromatic rings. The number of hydrogen-bond donors (Lipinski definition) is 1. The maximum atomic E-state index is 3.71. The second-order valence-corrected chi connectivity index (χ2v) is 9.55. The molecule has 68 valence electrons. The van der Waals surface area contributed by atoms with E-state index in [2.05, 4.69) is 55.1 Å². The maximum Gasteiger partial charge on any atom is 0.177 e. The predicted octanol–water partition coefficient (Wildman–Crippen LogP) is -0.600. The Morgan fingerprint density at radius 1 is 0.818 bits per heavy atom. The lowest BCUT2D eigenvalue weighted by Crippen LogP contribution is -2.55. The molecule has 0 aromatic heterocycles. The van der Waals surface area contributed by atoms with Crippen molar-refractivity contribution in [3.8, 4) is 0 Å². The third-order valence-electron chi connectivity index (χ3n) is 2.03. The third-order valence-corrected chi connectivity index (χ3v) is 8.99. The van der Waals surface area contributed by atoms with Crippen molar-refractivity contribution in [3.05, 3.63) is 0 Å². The van der Waals surface area contributed by atoms with Gasteiger partial charge in [-0.3, -0.25) is 0 Å². The zero-order chi connectivity index (χ0) is 9.02. The summed E-state index contributed by atoms with van der Waals surface area (Å²) >= 11 is 0. The quantitative estimate of drug-likeness (QED) is 0.599. The van der Waals surface area contributed by atoms with E-state index in [0.29, 0.717) is 0 Å². The first-order chi connectivity index (χ1) is 4.95. The summed E-state index contributed by atoms with van der Waals surface area (Å²) in [5, 5.41) is 0. The van der Waals surface area contributed by atoms with Crippen molar-refractivity contribution in [2.45, 2.75) is 13.1 Å². The van der Waals surface area contributed by atoms with Crippen LogP contribution in [0.25, 0.3) is 0 Å². The highest BCUT2D eigenvalue weighted by atomic mass is 28.4. The number of nitrogens with zero attached hydrogens (tertiary/aromatic N) is 2. The molecule has 0 aliphatic carbocycles. The first kappa shape index (κ1) is 11.3. The largest absolute Gasteiger partial charge is 0.340 e. The summed E-state index contributed by atoms with van der Waals surface area (Å²) in [6.07, 6.45) is 0. The van der Waals surface area contributed by atoms with Gasteiger partial charge in [0, 0.05) is 0 Å². The molecule has 3 nitrogen and oxygen atoms in total. The van der Waals surface area contributed by atoms with Gasteiger partial charge in [-0.15, -0.1) is 0 Å². The molecule has 0 saturated carbocycles. The highest BCUT2D eigenvalue weighted by Gasteiger charge is 2.12. The first-order valence-corrected chi connectivity index (χ1v) is 8.53. The molecular weight excluding hydrogens is 170 g/mol. The van der Waals surface area contributed by atoms with Gasteiger partial charge in [-0.1, -0.05) is 0 Å². The molecule has 0 heterocycles. The Balaban J connectivity index is 3.66. The topological polar surface area (TPSA) is 18.5 Å². The van der Waals surface area contributed by atoms with Crippen molar-refractivity contribution in [1.82, 2.24) is 13.8 Å². The van der Waals surface area contributed by atoms with Crippen LogP contribution in [0.3, 0.4) is 0 Å². The lowest BCUT2D eigenvalue weighted by atomic mass is 11.3. The molecule has 11 heavy (non-hydrogen) atoms. The highest BCUT2D eigenvalue weighted by Crippen LogP contribution is 1.86. The molecule has 0 saturated heterocycles. The van der Waals surface area contributed by atoms with Gasteiger partial charge in [-0.25, -0.2) is 0 Å². The van der Waals surface area contributed by atoms with Crippen LogP contribution in [0.1, 0.15) is 0 Å². The van der Waals surface area contributed by atoms with E-state index in [1.54, 1.807) is 0 Å². The van der Waals surface area contributed by atoms with Gasteiger partial charge in [0.15, 0.2) is 18.2 Å². The molecule has 0 fully saturated rings. The lowest BCUT2D eigenvalue weighted by Gasteiger charge is -2.26. The molecule has 0 aromatic carbocycles. The van der Waals surface area contributed by atoms with Crippen molar-refractivity contribution >= 4 is 18.2 Å². The average molecular weight is 191 g/mol. The normalized spacial score (nSPS) is 17.5. The zero-order valence-electron chi connectivity index (χ0n) is 8.55. The summed E-state index contributed by atoms with van der Waals surface area (Å²) in [6.45, 7) is 4.65. The van der Waals surface area contributed by atoms with Crippen molar-refractivity contribution in [1.29, 1.82) is 0 Å². The average Bonchev–Trinajstić information content (AvgIpc) is 1.87. The van der Waals surface area contributed by atoms with E-state index >= 15 is 0 Å². The first-order valence-electron chi connectivity index (χ1n) is 4.04. The molecule has 0 spiro atoms. The van der Waals surface area contributed by atoms with E-state index in [-0.39, 0.29) is 0 Å². The lowest BCUT2D eigenvalue weighted by molar-refractivity contribution is 0.611. The van der Waals surface area contributed by atoms with E-state index in [4.69, 9.17) is 0 Å². The van der Waals surface area contributed by atoms with Gasteiger partial charge in [-0.2, -0.15) is 0 Å². The van der Waals surface area contributed by atoms with Gasteiger partial charge in [0.1, 0.15) is 0 Å². The summed E-state index contributed by atoms with van der Waals surface area (Å²) in [7, 11) is 7.04. The molecular formula is C6H21N3Si2. The Kier molecular flexibility index (Phi) is 5.19. The minimum atomic E-state index is -0.786. The van der Waals surface area contributed by atoms with Gasteiger partial charge in [0.2, 0.25) is 0 Å². The monoisotopic (exact) mass is 191 g/mol. The fraction of sp³-hybridized carbons (Fsp3) is 1.00. The molecule has 0 rings (SSSR count). The summed E-state index contributed by atoms with van der Waals surface area (Å²) in [5.74, 6) is 0. The number of nitrogens with one attached hydrogen (secondary N) is 1. The zero-order valence-corrected chi connectivity index (χ0v) is 10.9. The van der Waals surface area contributed by atoms with Gasteiger partial charge in [-0.05, 0) is 41.3 Å². The minimum Gasteiger partial charge on any atom is -0.340 e. The van der Waals surface area contributed by atoms with Gasteiger partial charge in [0.25, 0.3) is 0 Å². The van der Waals surface area contributed by atoms with Crippen molar-refractivity contribution in [2.75, 3.05) is 28.2 Å². The predicted molar refractivity (Wildman–Crippen MR) is 56.5 cm³/mol. The fourth-order valence-electron chi connectivity index (χ4n) is 0.647. The van der Waals surface area contributed by atoms with Gasteiger partial charge >= 0.3 is 0 Å². The Hall–Kier alpha value is 0.314. The summed E-state index contributed by atoms with van der Waals surface area (Å²) in [5.41, 5.74) is 0. The molecule has 2 unspecified atom stereocenters. The van der Waals surface area contributed by atoms with E-state index in [1.807, 2.05) is 0 Å². The van der Waals surface area contributed by atoms with Crippen LogP contribution in [0.5, 0.6) is 0 Å². The van der Waals surface area contributed by atoms with E-state index in [0.717, 1.165) is 0 Å². The standard InChI is InChI=1S/C6H21N3Si2/c1-8(2)10(5)7-11(6)9(3)4/h7,10-11H,1-6H3. The van der Waals surface area contributed by atoms with Crippen LogP contribution in [-0.4, -0.2) is 55.6 Å². The summed E-state index contributed by atoms with van der Waals surface area (Å²) in [6, 6.07) is 0. The van der Waals surface area contributed by atoms with Crippen LogP contribution in [0, 0.1) is 0 Å². The Bertz CT molecular complexity index is 96.0. The van der Waals surface area contributed by atoms with E-state index < -0.39 is 18.2 Å². The minimum absolute atomic E-state index is 0.786. The molecule has 5 heteroatoms. The molecule has 0 amide bonds. The number of hydrogen-bond acceptors (Lipinski definition) is 3. The summed E-state index contributed by atoms with van der Waals surface area (Å²) in [4.78, 5) is 0. The van der Waals surface area contributed by atoms with Crippen LogP contribution < -0.4 is 4.65 Å². The second-order valence-electron chi connectivity index (χ2n) is 3.45. The fourth-order valence-corrected chi connectivity index (χ4v) is 5.82. The maximum absolute atomic E-state index is 3.71. The van der Waals surface area contributed by atoms with Crippen LogP contribution in [0.2, 0.25) is 13.1 Å². The Morgan fingerprint density at radius 3 is 1.27 bits per heavy atom. The van der Waals surface area contributed by atoms with Gasteiger partial charge < -0.3 is 13.8 Å². The highest BCUT2D eigenvalue weighted by molar-refractivity contribution is 6.68. The van der Waals surface area contributed by atoms with Crippen LogP contribution in [0.15, 0.2) is 0 Å². The third kappa shape index (κ3) is 4.70. The number of rotatable bonds is 4. The smallest absolute Gasteiger partial charge is 0.177 e. The molecule has 1 N–H and O–H groups in total. The second kappa shape index (κ2) is 5.05. The van der Waals surface area contributed by atoms with Crippen LogP contribution >= 0.6 is 0 Å². The molecule has 0 radical (unpaired) electrons. The van der Waals surface area contributed by atoms with Crippen molar-refractivity contribution in [3.63, 3.8) is 0 Å². The Morgan fingerprint density at radius 2 is 1.09 bits per heavy atom. The van der Waals surface area contributed by atoms with Crippen molar-refractivity contribution < 1.29 is 0 Å². The summed E-state index contributed by atoms with van der Waals surface area (Å²) < 4.78 is 8.36.